The number of allylic oxidation sites excluding steroid dienone is 2. The monoisotopic (exact) mass is 130 g/mol. The van der Waals surface area contributed by atoms with Gasteiger partial charge < -0.3 is 4.57 Å². The normalized spacial score (nSPS) is 22.8. The Balaban J connectivity index is 2.73. The van der Waals surface area contributed by atoms with Crippen molar-refractivity contribution in [3.63, 3.8) is 0 Å². The van der Waals surface area contributed by atoms with Crippen molar-refractivity contribution in [2.24, 2.45) is 0 Å². The highest BCUT2D eigenvalue weighted by Crippen LogP contribution is 2.34. The molecule has 0 aromatic heterocycles. The molecule has 8 heavy (non-hydrogen) atoms. The molecule has 1 rings (SSSR count). The van der Waals surface area contributed by atoms with Gasteiger partial charge in [0.1, 0.15) is 0 Å². The Bertz CT molecular complexity index is 142. The predicted molar refractivity (Wildman–Crippen MR) is 37.1 cm³/mol. The van der Waals surface area contributed by atoms with E-state index in [2.05, 4.69) is 13.8 Å². The topological polar surface area (TPSA) is 17.1 Å². The van der Waals surface area contributed by atoms with Crippen molar-refractivity contribution in [3.8, 4) is 0 Å². The van der Waals surface area contributed by atoms with Gasteiger partial charge in [0.25, 0.3) is 0 Å². The molecule has 0 radical (unpaired) electrons. The molecule has 0 aromatic rings. The number of hydrogen-bond acceptors (Lipinski definition) is 1. The average Bonchev–Trinajstić information content (AvgIpc) is 1.85. The smallest absolute Gasteiger partial charge is 0.0839 e. The van der Waals surface area contributed by atoms with Crippen molar-refractivity contribution < 1.29 is 4.57 Å². The van der Waals surface area contributed by atoms with Crippen molar-refractivity contribution in [2.75, 3.05) is 12.3 Å². The molecule has 1 aliphatic heterocycles. The van der Waals surface area contributed by atoms with Crippen LogP contribution in [-0.2, 0) is 4.57 Å². The van der Waals surface area contributed by atoms with Crippen LogP contribution in [0.2, 0.25) is 0 Å². The zero-order chi connectivity index (χ0) is 6.15. The quantitative estimate of drug-likeness (QED) is 0.361. The van der Waals surface area contributed by atoms with Gasteiger partial charge in [0, 0.05) is 12.3 Å². The van der Waals surface area contributed by atoms with Gasteiger partial charge in [-0.05, 0) is 13.8 Å². The van der Waals surface area contributed by atoms with Crippen molar-refractivity contribution >= 4 is 7.80 Å². The highest BCUT2D eigenvalue weighted by Gasteiger charge is 2.11. The number of rotatable bonds is 0. The first kappa shape index (κ1) is 6.10. The summed E-state index contributed by atoms with van der Waals surface area (Å²) >= 11 is 0. The summed E-state index contributed by atoms with van der Waals surface area (Å²) in [5, 5.41) is 0. The first-order valence-electron chi connectivity index (χ1n) is 2.87. The average molecular weight is 130 g/mol. The second kappa shape index (κ2) is 2.06. The highest BCUT2D eigenvalue weighted by molar-refractivity contribution is 7.45. The summed E-state index contributed by atoms with van der Waals surface area (Å²) in [6, 6.07) is 0. The van der Waals surface area contributed by atoms with E-state index in [0.29, 0.717) is 0 Å². The van der Waals surface area contributed by atoms with E-state index < -0.39 is 7.80 Å². The van der Waals surface area contributed by atoms with Crippen LogP contribution < -0.4 is 0 Å². The van der Waals surface area contributed by atoms with E-state index in [1.807, 2.05) is 0 Å². The summed E-state index contributed by atoms with van der Waals surface area (Å²) in [6.07, 6.45) is 1.77. The maximum absolute atomic E-state index is 10.8. The molecule has 0 N–H and O–H groups in total. The Hall–Kier alpha value is -0.0300. The van der Waals surface area contributed by atoms with Crippen LogP contribution in [0.25, 0.3) is 0 Å². The lowest BCUT2D eigenvalue weighted by Gasteiger charge is -1.86. The van der Waals surface area contributed by atoms with E-state index >= 15 is 0 Å². The maximum atomic E-state index is 10.8. The SMILES string of the molecule is CC1=C(C)C[PH](=O)C1. The predicted octanol–water partition coefficient (Wildman–Crippen LogP) is 1.90. The summed E-state index contributed by atoms with van der Waals surface area (Å²) in [7, 11) is -1.18. The van der Waals surface area contributed by atoms with Crippen LogP contribution in [0.4, 0.5) is 0 Å². The first-order chi connectivity index (χ1) is 3.70. The van der Waals surface area contributed by atoms with Crippen LogP contribution in [0.15, 0.2) is 11.1 Å². The van der Waals surface area contributed by atoms with E-state index in [9.17, 15) is 4.57 Å². The number of hydrogen-bond donors (Lipinski definition) is 0. The molecule has 0 bridgehead atoms. The molecule has 1 nitrogen and oxygen atoms in total. The van der Waals surface area contributed by atoms with Crippen LogP contribution in [0.1, 0.15) is 13.8 Å². The van der Waals surface area contributed by atoms with Crippen molar-refractivity contribution in [2.45, 2.75) is 13.8 Å². The first-order valence-corrected chi connectivity index (χ1v) is 4.69. The molecular formula is C6H11OP. The highest BCUT2D eigenvalue weighted by atomic mass is 31.1. The maximum Gasteiger partial charge on any atom is 0.0839 e. The Labute approximate surface area is 50.6 Å². The standard InChI is InChI=1S/C6H11OP/c1-5-3-8(7)4-6(5)2/h8H,3-4H2,1-2H3. The van der Waals surface area contributed by atoms with Crippen LogP contribution in [0.5, 0.6) is 0 Å². The lowest BCUT2D eigenvalue weighted by Crippen LogP contribution is -1.74. The summed E-state index contributed by atoms with van der Waals surface area (Å²) < 4.78 is 10.8. The van der Waals surface area contributed by atoms with E-state index in [1.54, 1.807) is 0 Å². The zero-order valence-electron chi connectivity index (χ0n) is 5.32. The molecule has 0 saturated carbocycles. The minimum absolute atomic E-state index is 0.885. The molecule has 0 spiro atoms. The second-order valence-corrected chi connectivity index (χ2v) is 4.24. The molecule has 46 valence electrons. The lowest BCUT2D eigenvalue weighted by molar-refractivity contribution is 0.591. The molecule has 0 atom stereocenters. The molecule has 0 aromatic carbocycles. The van der Waals surface area contributed by atoms with E-state index in [-0.39, 0.29) is 0 Å². The molecule has 0 saturated heterocycles. The molecule has 1 aliphatic rings. The van der Waals surface area contributed by atoms with E-state index in [4.69, 9.17) is 0 Å². The minimum atomic E-state index is -1.18. The van der Waals surface area contributed by atoms with Gasteiger partial charge >= 0.3 is 0 Å². The molecule has 0 aliphatic carbocycles. The zero-order valence-corrected chi connectivity index (χ0v) is 6.32. The molecule has 0 unspecified atom stereocenters. The Morgan fingerprint density at radius 3 is 1.75 bits per heavy atom. The van der Waals surface area contributed by atoms with Gasteiger partial charge in [-0.25, -0.2) is 0 Å². The molecule has 1 heterocycles. The van der Waals surface area contributed by atoms with E-state index in [1.165, 1.54) is 11.1 Å². The Morgan fingerprint density at radius 1 is 1.25 bits per heavy atom. The summed E-state index contributed by atoms with van der Waals surface area (Å²) in [6.45, 7) is 4.15. The van der Waals surface area contributed by atoms with Crippen molar-refractivity contribution in [1.82, 2.24) is 0 Å². The van der Waals surface area contributed by atoms with Gasteiger partial charge in [0.15, 0.2) is 0 Å². The van der Waals surface area contributed by atoms with E-state index in [0.717, 1.165) is 12.3 Å². The van der Waals surface area contributed by atoms with Gasteiger partial charge in [0.2, 0.25) is 0 Å². The fourth-order valence-corrected chi connectivity index (χ4v) is 2.87. The van der Waals surface area contributed by atoms with Crippen molar-refractivity contribution in [3.05, 3.63) is 11.1 Å². The third-order valence-corrected chi connectivity index (χ3v) is 3.50. The fourth-order valence-electron chi connectivity index (χ4n) is 0.956. The fraction of sp³-hybridized carbons (Fsp3) is 0.667. The third-order valence-electron chi connectivity index (χ3n) is 1.65. The van der Waals surface area contributed by atoms with Gasteiger partial charge in [-0.15, -0.1) is 0 Å². The van der Waals surface area contributed by atoms with Crippen LogP contribution in [-0.4, -0.2) is 12.3 Å². The van der Waals surface area contributed by atoms with Gasteiger partial charge in [-0.2, -0.15) is 0 Å². The third kappa shape index (κ3) is 1.03. The minimum Gasteiger partial charge on any atom is -0.326 e. The molecule has 2 heteroatoms. The largest absolute Gasteiger partial charge is 0.326 e. The molecule has 0 amide bonds. The van der Waals surface area contributed by atoms with Gasteiger partial charge in [-0.1, -0.05) is 11.1 Å². The summed E-state index contributed by atoms with van der Waals surface area (Å²) in [5.41, 5.74) is 2.71. The second-order valence-electron chi connectivity index (χ2n) is 2.45. The molecular weight excluding hydrogens is 119 g/mol. The van der Waals surface area contributed by atoms with Crippen LogP contribution in [0.3, 0.4) is 0 Å². The van der Waals surface area contributed by atoms with Gasteiger partial charge in [-0.3, -0.25) is 0 Å². The van der Waals surface area contributed by atoms with Gasteiger partial charge in [0.05, 0.1) is 7.80 Å². The summed E-state index contributed by atoms with van der Waals surface area (Å²) in [4.78, 5) is 0. The Kier molecular flexibility index (Phi) is 1.57. The lowest BCUT2D eigenvalue weighted by atomic mass is 10.2. The van der Waals surface area contributed by atoms with Crippen LogP contribution in [0, 0.1) is 0 Å². The molecule has 0 fully saturated rings. The van der Waals surface area contributed by atoms with Crippen LogP contribution >= 0.6 is 7.80 Å². The summed E-state index contributed by atoms with van der Waals surface area (Å²) in [5.74, 6) is 0. The van der Waals surface area contributed by atoms with Crippen molar-refractivity contribution in [1.29, 1.82) is 0 Å². The Morgan fingerprint density at radius 2 is 1.62 bits per heavy atom.